The number of aromatic nitrogens is 2. The second kappa shape index (κ2) is 7.63. The first-order valence-electron chi connectivity index (χ1n) is 6.16. The fraction of sp³-hybridized carbons (Fsp3) is 0.154. The van der Waals surface area contributed by atoms with Gasteiger partial charge in [0.1, 0.15) is 0 Å². The highest BCUT2D eigenvalue weighted by Gasteiger charge is 2.30. The highest BCUT2D eigenvalue weighted by Crippen LogP contribution is 2.29. The molecule has 6 nitrogen and oxygen atoms in total. The average molecular weight is 347 g/mol. The molecule has 0 saturated heterocycles. The number of hydrogen-bond donors (Lipinski definition) is 3. The third-order valence-electron chi connectivity index (χ3n) is 2.72. The van der Waals surface area contributed by atoms with Crippen molar-refractivity contribution in [1.29, 1.82) is 5.41 Å². The fourth-order valence-electron chi connectivity index (χ4n) is 1.78. The molecule has 0 aliphatic carbocycles. The van der Waals surface area contributed by atoms with Gasteiger partial charge in [-0.05, 0) is 17.7 Å². The Bertz CT molecular complexity index is 695. The highest BCUT2D eigenvalue weighted by molar-refractivity contribution is 5.85. The van der Waals surface area contributed by atoms with Gasteiger partial charge in [-0.2, -0.15) is 18.3 Å². The summed E-state index contributed by atoms with van der Waals surface area (Å²) in [5.74, 6) is 0.0957. The summed E-state index contributed by atoms with van der Waals surface area (Å²) < 4.78 is 39.7. The first-order chi connectivity index (χ1) is 10.4. The second-order valence-corrected chi connectivity index (χ2v) is 4.40. The van der Waals surface area contributed by atoms with E-state index in [9.17, 15) is 13.2 Å². The number of guanidine groups is 1. The number of halogens is 4. The maximum Gasteiger partial charge on any atom is 0.416 e. The molecule has 1 aromatic carbocycles. The van der Waals surface area contributed by atoms with Gasteiger partial charge in [0.2, 0.25) is 5.96 Å². The smallest absolute Gasteiger partial charge is 0.369 e. The third kappa shape index (κ3) is 5.29. The molecule has 2 aromatic rings. The minimum absolute atomic E-state index is 0. The van der Waals surface area contributed by atoms with E-state index < -0.39 is 11.7 Å². The van der Waals surface area contributed by atoms with Crippen LogP contribution in [0.2, 0.25) is 0 Å². The molecule has 0 fully saturated rings. The molecule has 0 saturated carbocycles. The summed E-state index contributed by atoms with van der Waals surface area (Å²) in [6.07, 6.45) is 0.0771. The second-order valence-electron chi connectivity index (χ2n) is 4.40. The molecule has 124 valence electrons. The van der Waals surface area contributed by atoms with Crippen molar-refractivity contribution in [3.05, 3.63) is 53.6 Å². The van der Waals surface area contributed by atoms with Crippen LogP contribution in [0.4, 0.5) is 13.2 Å². The van der Waals surface area contributed by atoms with Crippen molar-refractivity contribution in [2.45, 2.75) is 12.7 Å². The monoisotopic (exact) mass is 346 g/mol. The minimum Gasteiger partial charge on any atom is -0.369 e. The van der Waals surface area contributed by atoms with Gasteiger partial charge in [0.05, 0.1) is 11.8 Å². The van der Waals surface area contributed by atoms with Crippen LogP contribution in [0.5, 0.6) is 0 Å². The number of nitrogens with one attached hydrogen (secondary N) is 2. The quantitative estimate of drug-likeness (QED) is 0.450. The molecule has 1 heterocycles. The summed E-state index contributed by atoms with van der Waals surface area (Å²) in [6.45, 7) is 0.214. The summed E-state index contributed by atoms with van der Waals surface area (Å²) in [7, 11) is 0. The van der Waals surface area contributed by atoms with Crippen LogP contribution in [0.15, 0.2) is 41.8 Å². The van der Waals surface area contributed by atoms with Crippen LogP contribution < -0.4 is 11.2 Å². The lowest BCUT2D eigenvalue weighted by atomic mass is 10.1. The van der Waals surface area contributed by atoms with E-state index in [4.69, 9.17) is 11.1 Å². The zero-order valence-corrected chi connectivity index (χ0v) is 12.5. The Kier molecular flexibility index (Phi) is 6.14. The first-order valence-corrected chi connectivity index (χ1v) is 6.16. The minimum atomic E-state index is -4.37. The number of nitrogens with two attached hydrogens (primary N) is 1. The molecule has 23 heavy (non-hydrogen) atoms. The van der Waals surface area contributed by atoms with Gasteiger partial charge < -0.3 is 10.3 Å². The topological polar surface area (TPSA) is 92.1 Å². The summed E-state index contributed by atoms with van der Waals surface area (Å²) in [5.41, 5.74) is 7.10. The lowest BCUT2D eigenvalue weighted by Crippen LogP contribution is -2.25. The largest absolute Gasteiger partial charge is 0.416 e. The van der Waals surface area contributed by atoms with Crippen LogP contribution >= 0.6 is 12.4 Å². The molecule has 0 unspecified atom stereocenters. The maximum absolute atomic E-state index is 12.7. The molecule has 0 spiro atoms. The molecule has 0 bridgehead atoms. The number of benzene rings is 1. The van der Waals surface area contributed by atoms with Gasteiger partial charge in [-0.15, -0.1) is 12.4 Å². The van der Waals surface area contributed by atoms with Gasteiger partial charge in [-0.3, -0.25) is 5.41 Å². The van der Waals surface area contributed by atoms with Crippen LogP contribution in [0.25, 0.3) is 0 Å². The van der Waals surface area contributed by atoms with E-state index in [0.717, 1.165) is 12.1 Å². The van der Waals surface area contributed by atoms with Gasteiger partial charge in [0, 0.05) is 18.9 Å². The molecule has 2 rings (SSSR count). The molecule has 1 aromatic heterocycles. The normalized spacial score (nSPS) is 11.3. The summed E-state index contributed by atoms with van der Waals surface area (Å²) in [6, 6.07) is 5.08. The van der Waals surface area contributed by atoms with Crippen LogP contribution in [0.3, 0.4) is 0 Å². The number of imidazole rings is 1. The van der Waals surface area contributed by atoms with Crippen molar-refractivity contribution in [2.24, 2.45) is 10.8 Å². The molecule has 0 atom stereocenters. The van der Waals surface area contributed by atoms with E-state index in [-0.39, 0.29) is 24.9 Å². The van der Waals surface area contributed by atoms with E-state index in [0.29, 0.717) is 11.4 Å². The van der Waals surface area contributed by atoms with Gasteiger partial charge >= 0.3 is 6.18 Å². The number of alkyl halides is 3. The predicted octanol–water partition coefficient (Wildman–Crippen LogP) is 2.19. The maximum atomic E-state index is 12.7. The van der Waals surface area contributed by atoms with Gasteiger partial charge in [-0.25, -0.2) is 10.4 Å². The fourth-order valence-corrected chi connectivity index (χ4v) is 1.78. The van der Waals surface area contributed by atoms with E-state index in [1.54, 1.807) is 16.8 Å². The average Bonchev–Trinajstić information content (AvgIpc) is 2.85. The molecular formula is C13H14ClF3N6. The van der Waals surface area contributed by atoms with Crippen LogP contribution in [0, 0.1) is 5.41 Å². The highest BCUT2D eigenvalue weighted by atomic mass is 35.5. The molecule has 0 amide bonds. The first kappa shape index (κ1) is 18.5. The third-order valence-corrected chi connectivity index (χ3v) is 2.72. The molecular weight excluding hydrogens is 333 g/mol. The Morgan fingerprint density at radius 2 is 2.17 bits per heavy atom. The van der Waals surface area contributed by atoms with Crippen molar-refractivity contribution < 1.29 is 13.2 Å². The Labute approximate surface area is 136 Å². The Morgan fingerprint density at radius 1 is 1.43 bits per heavy atom. The van der Waals surface area contributed by atoms with Crippen LogP contribution in [-0.4, -0.2) is 21.7 Å². The van der Waals surface area contributed by atoms with E-state index in [1.165, 1.54) is 18.5 Å². The molecule has 4 N–H and O–H groups in total. The zero-order chi connectivity index (χ0) is 16.2. The van der Waals surface area contributed by atoms with E-state index >= 15 is 0 Å². The van der Waals surface area contributed by atoms with Crippen LogP contribution in [-0.2, 0) is 12.7 Å². The molecule has 0 aliphatic heterocycles. The van der Waals surface area contributed by atoms with Gasteiger partial charge in [-0.1, -0.05) is 12.1 Å². The summed E-state index contributed by atoms with van der Waals surface area (Å²) >= 11 is 0. The molecule has 10 heteroatoms. The van der Waals surface area contributed by atoms with E-state index in [2.05, 4.69) is 15.5 Å². The summed E-state index contributed by atoms with van der Waals surface area (Å²) in [4.78, 5) is 4.02. The summed E-state index contributed by atoms with van der Waals surface area (Å²) in [5, 5.41) is 10.6. The Hall–Kier alpha value is -2.55. The Morgan fingerprint density at radius 3 is 2.83 bits per heavy atom. The molecule has 0 radical (unpaired) electrons. The molecule has 0 aliphatic rings. The number of nitrogens with zero attached hydrogens (tertiary/aromatic N) is 3. The van der Waals surface area contributed by atoms with Crippen molar-refractivity contribution in [3.8, 4) is 0 Å². The van der Waals surface area contributed by atoms with Crippen molar-refractivity contribution in [3.63, 3.8) is 0 Å². The lowest BCUT2D eigenvalue weighted by molar-refractivity contribution is -0.137. The van der Waals surface area contributed by atoms with Crippen molar-refractivity contribution in [1.82, 2.24) is 15.0 Å². The van der Waals surface area contributed by atoms with Crippen molar-refractivity contribution in [2.75, 3.05) is 0 Å². The van der Waals surface area contributed by atoms with Gasteiger partial charge in [0.15, 0.2) is 5.82 Å². The van der Waals surface area contributed by atoms with Crippen molar-refractivity contribution >= 4 is 24.6 Å². The van der Waals surface area contributed by atoms with E-state index in [1.807, 2.05) is 0 Å². The lowest BCUT2D eigenvalue weighted by Gasteiger charge is -2.10. The predicted molar refractivity (Wildman–Crippen MR) is 82.7 cm³/mol. The number of rotatable bonds is 4. The zero-order valence-electron chi connectivity index (χ0n) is 11.7. The number of hydrazone groups is 1. The van der Waals surface area contributed by atoms with Gasteiger partial charge in [0.25, 0.3) is 0 Å². The SMILES string of the molecule is Cl.N=C(N)NN=Cc1nccn1Cc1cccc(C(F)(F)F)c1. The number of hydrogen-bond acceptors (Lipinski definition) is 3. The Balaban J connectivity index is 0.00000264. The standard InChI is InChI=1S/C13H13F3N6.ClH/c14-13(15,16)10-3-1-2-9(6-10)8-22-5-4-19-11(22)7-20-21-12(17)18;/h1-7H,8H2,(H4,17,18,21);1H. The van der Waals surface area contributed by atoms with Crippen LogP contribution in [0.1, 0.15) is 17.0 Å².